The summed E-state index contributed by atoms with van der Waals surface area (Å²) >= 11 is 1.37. The Kier molecular flexibility index (Phi) is 3.88. The van der Waals surface area contributed by atoms with Gasteiger partial charge in [-0.25, -0.2) is 9.78 Å². The molecule has 0 spiro atoms. The molecule has 94 valence electrons. The Bertz CT molecular complexity index is 540. The third-order valence-corrected chi connectivity index (χ3v) is 3.19. The van der Waals surface area contributed by atoms with Crippen LogP contribution in [0.4, 0.5) is 5.69 Å². The number of nitrogens with zero attached hydrogens (tertiary/aromatic N) is 1. The van der Waals surface area contributed by atoms with Crippen molar-refractivity contribution in [3.8, 4) is 0 Å². The van der Waals surface area contributed by atoms with Crippen molar-refractivity contribution in [1.29, 1.82) is 0 Å². The summed E-state index contributed by atoms with van der Waals surface area (Å²) in [5, 5.41) is 0.725. The second kappa shape index (κ2) is 5.59. The molecule has 0 unspecified atom stereocenters. The molecule has 3 N–H and O–H groups in total. The van der Waals surface area contributed by atoms with Crippen LogP contribution in [0, 0.1) is 0 Å². The zero-order valence-corrected chi connectivity index (χ0v) is 10.7. The third-order valence-electron chi connectivity index (χ3n) is 2.20. The van der Waals surface area contributed by atoms with Gasteiger partial charge < -0.3 is 15.5 Å². The fourth-order valence-electron chi connectivity index (χ4n) is 1.37. The minimum atomic E-state index is -0.348. The first kappa shape index (κ1) is 12.5. The quantitative estimate of drug-likeness (QED) is 0.653. The molecule has 0 saturated carbocycles. The second-order valence-electron chi connectivity index (χ2n) is 3.47. The van der Waals surface area contributed by atoms with Crippen molar-refractivity contribution in [3.63, 3.8) is 0 Å². The Hall–Kier alpha value is -1.95. The van der Waals surface area contributed by atoms with Crippen LogP contribution in [0.2, 0.25) is 0 Å². The minimum Gasteiger partial charge on any atom is -0.462 e. The van der Waals surface area contributed by atoms with Gasteiger partial charge in [0.25, 0.3) is 0 Å². The van der Waals surface area contributed by atoms with Gasteiger partial charge in [-0.2, -0.15) is 0 Å². The lowest BCUT2D eigenvalue weighted by molar-refractivity contribution is 0.0526. The van der Waals surface area contributed by atoms with E-state index in [9.17, 15) is 4.79 Å². The lowest BCUT2D eigenvalue weighted by Gasteiger charge is -2.06. The van der Waals surface area contributed by atoms with Crippen molar-refractivity contribution in [2.45, 2.75) is 17.0 Å². The second-order valence-corrected chi connectivity index (χ2v) is 4.50. The highest BCUT2D eigenvalue weighted by molar-refractivity contribution is 7.99. The summed E-state index contributed by atoms with van der Waals surface area (Å²) in [4.78, 5) is 19.5. The van der Waals surface area contributed by atoms with E-state index in [0.29, 0.717) is 17.9 Å². The molecule has 0 radical (unpaired) electrons. The highest BCUT2D eigenvalue weighted by atomic mass is 32.2. The molecule has 1 aromatic heterocycles. The SMILES string of the molecule is CCOC(=O)c1ccc(N)c(Sc2ncc[nH]2)c1. The highest BCUT2D eigenvalue weighted by Crippen LogP contribution is 2.30. The number of aromatic nitrogens is 2. The number of nitrogens with two attached hydrogens (primary N) is 1. The molecule has 2 aromatic rings. The maximum Gasteiger partial charge on any atom is 0.338 e. The highest BCUT2D eigenvalue weighted by Gasteiger charge is 2.10. The molecule has 0 aliphatic heterocycles. The minimum absolute atomic E-state index is 0.348. The van der Waals surface area contributed by atoms with Crippen LogP contribution in [0.15, 0.2) is 40.6 Å². The van der Waals surface area contributed by atoms with E-state index >= 15 is 0 Å². The molecule has 0 fully saturated rings. The number of hydrogen-bond acceptors (Lipinski definition) is 5. The number of hydrogen-bond donors (Lipinski definition) is 2. The average Bonchev–Trinajstić information content (AvgIpc) is 2.85. The molecule has 0 aliphatic rings. The predicted octanol–water partition coefficient (Wildman–Crippen LogP) is 2.32. The standard InChI is InChI=1S/C12H13N3O2S/c1-2-17-11(16)8-3-4-9(13)10(7-8)18-12-14-5-6-15-12/h3-7H,2,13H2,1H3,(H,14,15). The molecule has 2 rings (SSSR count). The van der Waals surface area contributed by atoms with Crippen molar-refractivity contribution in [3.05, 3.63) is 36.2 Å². The summed E-state index contributed by atoms with van der Waals surface area (Å²) in [6.07, 6.45) is 3.39. The number of rotatable bonds is 4. The van der Waals surface area contributed by atoms with Gasteiger partial charge in [-0.1, -0.05) is 0 Å². The Morgan fingerprint density at radius 1 is 1.56 bits per heavy atom. The number of nitrogen functional groups attached to an aromatic ring is 1. The molecule has 0 atom stereocenters. The number of benzene rings is 1. The number of ether oxygens (including phenoxy) is 1. The first-order valence-corrected chi connectivity index (χ1v) is 6.26. The topological polar surface area (TPSA) is 81.0 Å². The Morgan fingerprint density at radius 3 is 3.06 bits per heavy atom. The molecule has 0 aliphatic carbocycles. The number of carbonyl (C=O) groups excluding carboxylic acids is 1. The smallest absolute Gasteiger partial charge is 0.338 e. The Labute approximate surface area is 109 Å². The van der Waals surface area contributed by atoms with Gasteiger partial charge in [0.1, 0.15) is 0 Å². The third kappa shape index (κ3) is 2.84. The summed E-state index contributed by atoms with van der Waals surface area (Å²) in [5.41, 5.74) is 6.95. The van der Waals surface area contributed by atoms with E-state index in [0.717, 1.165) is 10.1 Å². The van der Waals surface area contributed by atoms with E-state index in [2.05, 4.69) is 9.97 Å². The van der Waals surface area contributed by atoms with Gasteiger partial charge in [0.2, 0.25) is 0 Å². The van der Waals surface area contributed by atoms with Gasteiger partial charge in [-0.05, 0) is 36.9 Å². The Morgan fingerprint density at radius 2 is 2.39 bits per heavy atom. The van der Waals surface area contributed by atoms with E-state index in [1.54, 1.807) is 37.5 Å². The fraction of sp³-hybridized carbons (Fsp3) is 0.167. The summed E-state index contributed by atoms with van der Waals surface area (Å²) in [6.45, 7) is 2.12. The van der Waals surface area contributed by atoms with Crippen molar-refractivity contribution >= 4 is 23.4 Å². The average molecular weight is 263 g/mol. The lowest BCUT2D eigenvalue weighted by atomic mass is 10.2. The van der Waals surface area contributed by atoms with Gasteiger partial charge in [-0.3, -0.25) is 0 Å². The number of nitrogens with one attached hydrogen (secondary N) is 1. The number of esters is 1. The number of H-pyrrole nitrogens is 1. The van der Waals surface area contributed by atoms with Gasteiger partial charge in [0, 0.05) is 23.0 Å². The van der Waals surface area contributed by atoms with Crippen molar-refractivity contribution < 1.29 is 9.53 Å². The van der Waals surface area contributed by atoms with E-state index in [-0.39, 0.29) is 5.97 Å². The molecule has 6 heteroatoms. The summed E-state index contributed by atoms with van der Waals surface area (Å²) < 4.78 is 4.95. The van der Waals surface area contributed by atoms with Crippen molar-refractivity contribution in [1.82, 2.24) is 9.97 Å². The first-order valence-electron chi connectivity index (χ1n) is 5.44. The van der Waals surface area contributed by atoms with Gasteiger partial charge in [-0.15, -0.1) is 0 Å². The van der Waals surface area contributed by atoms with E-state index in [1.165, 1.54) is 11.8 Å². The summed E-state index contributed by atoms with van der Waals surface area (Å²) in [6, 6.07) is 5.05. The lowest BCUT2D eigenvalue weighted by Crippen LogP contribution is -2.05. The van der Waals surface area contributed by atoms with E-state index < -0.39 is 0 Å². The largest absolute Gasteiger partial charge is 0.462 e. The van der Waals surface area contributed by atoms with Crippen LogP contribution in [0.3, 0.4) is 0 Å². The van der Waals surface area contributed by atoms with Crippen LogP contribution >= 0.6 is 11.8 Å². The number of imidazole rings is 1. The van der Waals surface area contributed by atoms with E-state index in [1.807, 2.05) is 0 Å². The number of aromatic amines is 1. The first-order chi connectivity index (χ1) is 8.70. The molecule has 1 heterocycles. The van der Waals surface area contributed by atoms with Crippen LogP contribution in [0.25, 0.3) is 0 Å². The van der Waals surface area contributed by atoms with Crippen molar-refractivity contribution in [2.24, 2.45) is 0 Å². The maximum atomic E-state index is 11.6. The predicted molar refractivity (Wildman–Crippen MR) is 69.5 cm³/mol. The molecule has 18 heavy (non-hydrogen) atoms. The molecular formula is C12H13N3O2S. The maximum absolute atomic E-state index is 11.6. The van der Waals surface area contributed by atoms with Crippen LogP contribution in [0.5, 0.6) is 0 Å². The van der Waals surface area contributed by atoms with Gasteiger partial charge >= 0.3 is 5.97 Å². The van der Waals surface area contributed by atoms with Crippen molar-refractivity contribution in [2.75, 3.05) is 12.3 Å². The van der Waals surface area contributed by atoms with Crippen LogP contribution in [0.1, 0.15) is 17.3 Å². The van der Waals surface area contributed by atoms with Gasteiger partial charge in [0.15, 0.2) is 5.16 Å². The molecule has 0 amide bonds. The normalized spacial score (nSPS) is 10.3. The number of carbonyl (C=O) groups is 1. The fourth-order valence-corrected chi connectivity index (χ4v) is 2.20. The van der Waals surface area contributed by atoms with Crippen LogP contribution < -0.4 is 5.73 Å². The van der Waals surface area contributed by atoms with E-state index in [4.69, 9.17) is 10.5 Å². The monoisotopic (exact) mass is 263 g/mol. The number of anilines is 1. The molecule has 5 nitrogen and oxygen atoms in total. The molecule has 0 bridgehead atoms. The molecule has 1 aromatic carbocycles. The summed E-state index contributed by atoms with van der Waals surface area (Å²) in [5.74, 6) is -0.348. The zero-order valence-electron chi connectivity index (χ0n) is 9.84. The zero-order chi connectivity index (χ0) is 13.0. The molecule has 0 saturated heterocycles. The summed E-state index contributed by atoms with van der Waals surface area (Å²) in [7, 11) is 0. The van der Waals surface area contributed by atoms with Crippen LogP contribution in [-0.2, 0) is 4.74 Å². The van der Waals surface area contributed by atoms with Crippen LogP contribution in [-0.4, -0.2) is 22.5 Å². The van der Waals surface area contributed by atoms with Gasteiger partial charge in [0.05, 0.1) is 12.2 Å². The molecular weight excluding hydrogens is 250 g/mol. The Balaban J connectivity index is 2.24.